The number of aliphatic hydroxyl groups excluding tert-OH is 1. The maximum atomic E-state index is 14.8. The molecule has 1 unspecified atom stereocenters. The molecule has 0 aliphatic carbocycles. The van der Waals surface area contributed by atoms with Crippen molar-refractivity contribution in [1.29, 1.82) is 0 Å². The second-order valence-corrected chi connectivity index (χ2v) is 7.43. The van der Waals surface area contributed by atoms with E-state index in [9.17, 15) is 19.1 Å². The summed E-state index contributed by atoms with van der Waals surface area (Å²) in [4.78, 5) is 25.3. The lowest BCUT2D eigenvalue weighted by Crippen LogP contribution is -2.41. The van der Waals surface area contributed by atoms with Gasteiger partial charge in [-0.1, -0.05) is 6.07 Å². The molecular formula is C18H22FNO5. The third-order valence-corrected chi connectivity index (χ3v) is 4.48. The summed E-state index contributed by atoms with van der Waals surface area (Å²) in [5, 5.41) is 9.73. The average molecular weight is 351 g/mol. The van der Waals surface area contributed by atoms with Gasteiger partial charge in [-0.3, -0.25) is 0 Å². The van der Waals surface area contributed by atoms with Gasteiger partial charge in [-0.15, -0.1) is 0 Å². The lowest BCUT2D eigenvalue weighted by molar-refractivity contribution is -0.0563. The fourth-order valence-electron chi connectivity index (χ4n) is 3.27. The molecule has 2 heterocycles. The molecule has 0 saturated carbocycles. The number of halogens is 1. The summed E-state index contributed by atoms with van der Waals surface area (Å²) < 4.78 is 24.8. The van der Waals surface area contributed by atoms with E-state index >= 15 is 0 Å². The molecule has 3 rings (SSSR count). The van der Waals surface area contributed by atoms with Crippen LogP contribution in [0.15, 0.2) is 12.1 Å². The van der Waals surface area contributed by atoms with Gasteiger partial charge >= 0.3 is 12.1 Å². The first-order valence-electron chi connectivity index (χ1n) is 8.36. The standard InChI is InChI=1S/C18H22FNO5/c1-18(2,3)25-17(23)20-8-6-10(7-9-20)11-4-5-12-13(14(11)19)16(22)24-15(12)21/h4-5,10,16,22H,6-9H2,1-3H3. The molecule has 25 heavy (non-hydrogen) atoms. The molecule has 0 bridgehead atoms. The van der Waals surface area contributed by atoms with Crippen molar-refractivity contribution in [3.05, 3.63) is 34.6 Å². The van der Waals surface area contributed by atoms with E-state index in [-0.39, 0.29) is 23.1 Å². The number of esters is 1. The highest BCUT2D eigenvalue weighted by atomic mass is 19.1. The van der Waals surface area contributed by atoms with Crippen LogP contribution in [0.5, 0.6) is 0 Å². The van der Waals surface area contributed by atoms with Crippen LogP contribution in [0.1, 0.15) is 67.3 Å². The largest absolute Gasteiger partial charge is 0.444 e. The van der Waals surface area contributed by atoms with Gasteiger partial charge in [0, 0.05) is 13.1 Å². The molecule has 0 aromatic heterocycles. The van der Waals surface area contributed by atoms with Gasteiger partial charge in [-0.05, 0) is 51.2 Å². The average Bonchev–Trinajstić information content (AvgIpc) is 2.81. The summed E-state index contributed by atoms with van der Waals surface area (Å²) in [5.74, 6) is -1.40. The summed E-state index contributed by atoms with van der Waals surface area (Å²) in [6.07, 6.45) is -0.751. The quantitative estimate of drug-likeness (QED) is 0.787. The van der Waals surface area contributed by atoms with Crippen LogP contribution in [-0.4, -0.2) is 40.8 Å². The molecule has 7 heteroatoms. The van der Waals surface area contributed by atoms with Crippen LogP contribution in [0.3, 0.4) is 0 Å². The molecule has 6 nitrogen and oxygen atoms in total. The molecule has 1 aromatic carbocycles. The minimum Gasteiger partial charge on any atom is -0.444 e. The number of carbonyl (C=O) groups is 2. The number of nitrogens with zero attached hydrogens (tertiary/aromatic N) is 1. The van der Waals surface area contributed by atoms with E-state index in [0.717, 1.165) is 0 Å². The van der Waals surface area contributed by atoms with Gasteiger partial charge in [-0.2, -0.15) is 0 Å². The number of fused-ring (bicyclic) bond motifs is 1. The Bertz CT molecular complexity index is 704. The zero-order chi connectivity index (χ0) is 18.4. The van der Waals surface area contributed by atoms with Gasteiger partial charge in [0.1, 0.15) is 11.4 Å². The van der Waals surface area contributed by atoms with Crippen molar-refractivity contribution in [1.82, 2.24) is 4.90 Å². The Hall–Kier alpha value is -2.15. The predicted octanol–water partition coefficient (Wildman–Crippen LogP) is 3.10. The van der Waals surface area contributed by atoms with Gasteiger partial charge < -0.3 is 19.5 Å². The third kappa shape index (κ3) is 3.46. The van der Waals surface area contributed by atoms with Crippen molar-refractivity contribution in [3.8, 4) is 0 Å². The van der Waals surface area contributed by atoms with E-state index < -0.39 is 23.7 Å². The number of rotatable bonds is 1. The van der Waals surface area contributed by atoms with Gasteiger partial charge in [0.25, 0.3) is 0 Å². The van der Waals surface area contributed by atoms with E-state index in [0.29, 0.717) is 31.5 Å². The molecule has 1 amide bonds. The first-order chi connectivity index (χ1) is 11.7. The van der Waals surface area contributed by atoms with Crippen LogP contribution < -0.4 is 0 Å². The zero-order valence-electron chi connectivity index (χ0n) is 14.5. The van der Waals surface area contributed by atoms with Crippen molar-refractivity contribution in [2.75, 3.05) is 13.1 Å². The van der Waals surface area contributed by atoms with Crippen molar-refractivity contribution in [2.45, 2.75) is 51.4 Å². The SMILES string of the molecule is CC(C)(C)OC(=O)N1CCC(c2ccc3c(c2F)C(O)OC3=O)CC1. The van der Waals surface area contributed by atoms with Crippen LogP contribution in [-0.2, 0) is 9.47 Å². The Morgan fingerprint density at radius 1 is 1.32 bits per heavy atom. The Morgan fingerprint density at radius 3 is 2.56 bits per heavy atom. The number of amides is 1. The topological polar surface area (TPSA) is 76.1 Å². The number of carbonyl (C=O) groups excluding carboxylic acids is 2. The normalized spacial score (nSPS) is 21.1. The molecule has 1 aromatic rings. The Labute approximate surface area is 145 Å². The van der Waals surface area contributed by atoms with Gasteiger partial charge in [0.15, 0.2) is 0 Å². The van der Waals surface area contributed by atoms with E-state index in [2.05, 4.69) is 4.74 Å². The second-order valence-electron chi connectivity index (χ2n) is 7.43. The molecular weight excluding hydrogens is 329 g/mol. The van der Waals surface area contributed by atoms with Crippen LogP contribution in [0.4, 0.5) is 9.18 Å². The summed E-state index contributed by atoms with van der Waals surface area (Å²) in [7, 11) is 0. The predicted molar refractivity (Wildman–Crippen MR) is 86.6 cm³/mol. The molecule has 1 saturated heterocycles. The fourth-order valence-corrected chi connectivity index (χ4v) is 3.27. The molecule has 0 spiro atoms. The summed E-state index contributed by atoms with van der Waals surface area (Å²) in [6, 6.07) is 3.06. The fraction of sp³-hybridized carbons (Fsp3) is 0.556. The maximum Gasteiger partial charge on any atom is 0.410 e. The lowest BCUT2D eigenvalue weighted by Gasteiger charge is -2.33. The Morgan fingerprint density at radius 2 is 1.96 bits per heavy atom. The third-order valence-electron chi connectivity index (χ3n) is 4.48. The van der Waals surface area contributed by atoms with Gasteiger partial charge in [0.05, 0.1) is 11.1 Å². The number of cyclic esters (lactones) is 1. The summed E-state index contributed by atoms with van der Waals surface area (Å²) in [6.45, 7) is 6.37. The van der Waals surface area contributed by atoms with Crippen molar-refractivity contribution >= 4 is 12.1 Å². The first-order valence-corrected chi connectivity index (χ1v) is 8.36. The van der Waals surface area contributed by atoms with E-state index in [1.54, 1.807) is 11.0 Å². The molecule has 2 aliphatic rings. The summed E-state index contributed by atoms with van der Waals surface area (Å²) in [5.41, 5.74) is -0.125. The van der Waals surface area contributed by atoms with E-state index in [1.165, 1.54) is 6.07 Å². The highest BCUT2D eigenvalue weighted by Gasteiger charge is 2.36. The first kappa shape index (κ1) is 17.7. The lowest BCUT2D eigenvalue weighted by atomic mass is 9.87. The molecule has 1 fully saturated rings. The molecule has 136 valence electrons. The van der Waals surface area contributed by atoms with E-state index in [1.807, 2.05) is 20.8 Å². The minimum absolute atomic E-state index is 0.0694. The number of hydrogen-bond acceptors (Lipinski definition) is 5. The minimum atomic E-state index is -1.55. The highest BCUT2D eigenvalue weighted by Crippen LogP contribution is 2.37. The molecule has 1 N–H and O–H groups in total. The highest BCUT2D eigenvalue weighted by molar-refractivity contribution is 5.94. The van der Waals surface area contributed by atoms with E-state index in [4.69, 9.17) is 4.74 Å². The van der Waals surface area contributed by atoms with Crippen LogP contribution >= 0.6 is 0 Å². The van der Waals surface area contributed by atoms with Crippen molar-refractivity contribution < 1.29 is 28.6 Å². The Kier molecular flexibility index (Phi) is 4.45. The maximum absolute atomic E-state index is 14.8. The monoisotopic (exact) mass is 351 g/mol. The summed E-state index contributed by atoms with van der Waals surface area (Å²) >= 11 is 0. The number of aliphatic hydroxyl groups is 1. The Balaban J connectivity index is 1.71. The molecule has 1 atom stereocenters. The number of piperidine rings is 1. The number of benzene rings is 1. The van der Waals surface area contributed by atoms with Crippen molar-refractivity contribution in [3.63, 3.8) is 0 Å². The van der Waals surface area contributed by atoms with Crippen molar-refractivity contribution in [2.24, 2.45) is 0 Å². The van der Waals surface area contributed by atoms with Crippen LogP contribution in [0.25, 0.3) is 0 Å². The smallest absolute Gasteiger partial charge is 0.410 e. The number of ether oxygens (including phenoxy) is 2. The van der Waals surface area contributed by atoms with Crippen LogP contribution in [0, 0.1) is 5.82 Å². The van der Waals surface area contributed by atoms with Gasteiger partial charge in [0.2, 0.25) is 6.29 Å². The van der Waals surface area contributed by atoms with Gasteiger partial charge in [-0.25, -0.2) is 14.0 Å². The molecule has 2 aliphatic heterocycles. The number of likely N-dealkylation sites (tertiary alicyclic amines) is 1. The molecule has 0 radical (unpaired) electrons. The number of hydrogen-bond donors (Lipinski definition) is 1. The second kappa shape index (κ2) is 6.29. The zero-order valence-corrected chi connectivity index (χ0v) is 14.5. The van der Waals surface area contributed by atoms with Crippen LogP contribution in [0.2, 0.25) is 0 Å².